The number of halogens is 3. The Balaban J connectivity index is 3.42. The summed E-state index contributed by atoms with van der Waals surface area (Å²) in [5.74, 6) is -0.419. The number of rotatable bonds is 3. The van der Waals surface area contributed by atoms with Crippen LogP contribution in [0.5, 0.6) is 0 Å². The lowest BCUT2D eigenvalue weighted by Crippen LogP contribution is -1.99. The molecule has 0 fully saturated rings. The highest BCUT2D eigenvalue weighted by atomic mass is 35.5. The molecule has 6 heteroatoms. The van der Waals surface area contributed by atoms with E-state index in [2.05, 4.69) is 11.6 Å². The van der Waals surface area contributed by atoms with Crippen molar-refractivity contribution in [2.24, 2.45) is 5.73 Å². The molecule has 0 bridgehead atoms. The molecule has 0 radical (unpaired) electrons. The Bertz CT molecular complexity index is 509. The molecule has 3 nitrogen and oxygen atoms in total. The Morgan fingerprint density at radius 2 is 2.12 bits per heavy atom. The number of hydrogen-bond acceptors (Lipinski definition) is 3. The molecule has 0 atom stereocenters. The number of nitrogens with zero attached hydrogens (tertiary/aromatic N) is 1. The van der Waals surface area contributed by atoms with Gasteiger partial charge in [-0.1, -0.05) is 29.8 Å². The van der Waals surface area contributed by atoms with Crippen LogP contribution in [0, 0.1) is 5.82 Å². The molecular formula is C11H10Cl2FN3. The van der Waals surface area contributed by atoms with Crippen molar-refractivity contribution >= 4 is 34.6 Å². The van der Waals surface area contributed by atoms with Crippen LogP contribution in [0.4, 0.5) is 10.2 Å². The van der Waals surface area contributed by atoms with Crippen molar-refractivity contribution in [3.8, 4) is 0 Å². The van der Waals surface area contributed by atoms with E-state index in [1.807, 2.05) is 0 Å². The van der Waals surface area contributed by atoms with Gasteiger partial charge in [0, 0.05) is 22.4 Å². The fourth-order valence-corrected chi connectivity index (χ4v) is 1.45. The van der Waals surface area contributed by atoms with E-state index in [9.17, 15) is 4.39 Å². The van der Waals surface area contributed by atoms with Crippen LogP contribution in [-0.2, 0) is 0 Å². The van der Waals surface area contributed by atoms with Gasteiger partial charge in [0.2, 0.25) is 0 Å². The van der Waals surface area contributed by atoms with Crippen LogP contribution in [0.25, 0.3) is 5.57 Å². The van der Waals surface area contributed by atoms with E-state index in [1.165, 1.54) is 12.1 Å². The third-order valence-corrected chi connectivity index (χ3v) is 2.32. The zero-order chi connectivity index (χ0) is 13.0. The molecule has 0 saturated carbocycles. The van der Waals surface area contributed by atoms with Gasteiger partial charge in [0.15, 0.2) is 0 Å². The Morgan fingerprint density at radius 3 is 2.65 bits per heavy atom. The molecule has 0 saturated heterocycles. The van der Waals surface area contributed by atoms with E-state index in [1.54, 1.807) is 0 Å². The van der Waals surface area contributed by atoms with Crippen LogP contribution in [0.15, 0.2) is 41.2 Å². The Kier molecular flexibility index (Phi) is 4.54. The highest BCUT2D eigenvalue weighted by Crippen LogP contribution is 2.30. The minimum absolute atomic E-state index is 0.121. The number of nitrogen functional groups attached to an aromatic ring is 1. The maximum Gasteiger partial charge on any atom is 0.142 e. The van der Waals surface area contributed by atoms with E-state index < -0.39 is 5.82 Å². The fourth-order valence-electron chi connectivity index (χ4n) is 1.19. The van der Waals surface area contributed by atoms with Gasteiger partial charge in [-0.15, -0.1) is 0 Å². The molecule has 4 N–H and O–H groups in total. The summed E-state index contributed by atoms with van der Waals surface area (Å²) in [5.41, 5.74) is 11.6. The van der Waals surface area contributed by atoms with Gasteiger partial charge >= 0.3 is 0 Å². The van der Waals surface area contributed by atoms with E-state index >= 15 is 0 Å². The van der Waals surface area contributed by atoms with E-state index in [0.29, 0.717) is 11.1 Å². The molecule has 0 unspecified atom stereocenters. The van der Waals surface area contributed by atoms with Crippen LogP contribution < -0.4 is 11.5 Å². The summed E-state index contributed by atoms with van der Waals surface area (Å²) in [6.07, 6.45) is 3.59. The monoisotopic (exact) mass is 273 g/mol. The number of nitrogens with two attached hydrogens (primary N) is 2. The Labute approximate surface area is 108 Å². The van der Waals surface area contributed by atoms with Crippen LogP contribution >= 0.6 is 23.2 Å². The Hall–Kier alpha value is -1.52. The van der Waals surface area contributed by atoms with Gasteiger partial charge in [0.1, 0.15) is 11.6 Å². The van der Waals surface area contributed by atoms with Crippen molar-refractivity contribution < 1.29 is 4.39 Å². The molecule has 0 aliphatic carbocycles. The zero-order valence-corrected chi connectivity index (χ0v) is 10.3. The first kappa shape index (κ1) is 13.5. The highest BCUT2D eigenvalue weighted by Gasteiger charge is 2.12. The van der Waals surface area contributed by atoms with Crippen LogP contribution in [0.2, 0.25) is 0 Å². The smallest absolute Gasteiger partial charge is 0.142 e. The largest absolute Gasteiger partial charge is 0.403 e. The van der Waals surface area contributed by atoms with Gasteiger partial charge in [0.25, 0.3) is 0 Å². The standard InChI is InChI=1S/C11H10Cl2FN3/c1-6(12)2-8(10(13)4-15)9-3-7(14)5-17-11(9)16/h2-5H,1,15H2,(H2,16,17)/b8-2-,10-4+. The van der Waals surface area contributed by atoms with Crippen molar-refractivity contribution in [3.63, 3.8) is 0 Å². The summed E-state index contributed by atoms with van der Waals surface area (Å²) < 4.78 is 13.1. The second kappa shape index (κ2) is 5.70. The minimum Gasteiger partial charge on any atom is -0.403 e. The maximum atomic E-state index is 13.1. The van der Waals surface area contributed by atoms with Crippen molar-refractivity contribution in [2.45, 2.75) is 0 Å². The van der Waals surface area contributed by atoms with Crippen LogP contribution in [-0.4, -0.2) is 4.98 Å². The molecular weight excluding hydrogens is 264 g/mol. The van der Waals surface area contributed by atoms with Gasteiger partial charge < -0.3 is 11.5 Å². The first-order valence-electron chi connectivity index (χ1n) is 4.51. The average Bonchev–Trinajstić information content (AvgIpc) is 2.28. The molecule has 0 aliphatic rings. The molecule has 0 aromatic carbocycles. The van der Waals surface area contributed by atoms with Gasteiger partial charge in [-0.3, -0.25) is 0 Å². The van der Waals surface area contributed by atoms with Crippen molar-refractivity contribution in [3.05, 3.63) is 52.6 Å². The summed E-state index contributed by atoms with van der Waals surface area (Å²) in [6, 6.07) is 1.19. The fraction of sp³-hybridized carbons (Fsp3) is 0. The van der Waals surface area contributed by atoms with Gasteiger partial charge in [-0.25, -0.2) is 9.37 Å². The number of allylic oxidation sites excluding steroid dienone is 4. The maximum absolute atomic E-state index is 13.1. The summed E-state index contributed by atoms with van der Waals surface area (Å²) in [7, 11) is 0. The van der Waals surface area contributed by atoms with E-state index in [0.717, 1.165) is 12.4 Å². The third kappa shape index (κ3) is 3.47. The summed E-state index contributed by atoms with van der Waals surface area (Å²) in [6.45, 7) is 3.50. The normalized spacial score (nSPS) is 12.6. The minimum atomic E-state index is -0.540. The van der Waals surface area contributed by atoms with Gasteiger partial charge in [-0.05, 0) is 12.1 Å². The van der Waals surface area contributed by atoms with Crippen LogP contribution in [0.1, 0.15) is 5.56 Å². The second-order valence-electron chi connectivity index (χ2n) is 3.11. The topological polar surface area (TPSA) is 64.9 Å². The highest BCUT2D eigenvalue weighted by molar-refractivity contribution is 6.38. The molecule has 1 heterocycles. The van der Waals surface area contributed by atoms with E-state index in [4.69, 9.17) is 34.7 Å². The van der Waals surface area contributed by atoms with Crippen molar-refractivity contribution in [2.75, 3.05) is 5.73 Å². The number of hydrogen-bond donors (Lipinski definition) is 2. The van der Waals surface area contributed by atoms with Crippen molar-refractivity contribution in [1.29, 1.82) is 0 Å². The first-order chi connectivity index (χ1) is 7.95. The lowest BCUT2D eigenvalue weighted by molar-refractivity contribution is 0.621. The quantitative estimate of drug-likeness (QED) is 0.833. The molecule has 17 heavy (non-hydrogen) atoms. The lowest BCUT2D eigenvalue weighted by Gasteiger charge is -2.08. The predicted molar refractivity (Wildman–Crippen MR) is 69.7 cm³/mol. The predicted octanol–water partition coefficient (Wildman–Crippen LogP) is 2.98. The molecule has 1 aromatic heterocycles. The summed E-state index contributed by atoms with van der Waals surface area (Å²) >= 11 is 11.6. The number of aromatic nitrogens is 1. The summed E-state index contributed by atoms with van der Waals surface area (Å²) in [5, 5.41) is 0.384. The van der Waals surface area contributed by atoms with Crippen molar-refractivity contribution in [1.82, 2.24) is 4.98 Å². The second-order valence-corrected chi connectivity index (χ2v) is 4.00. The molecule has 90 valence electrons. The number of anilines is 1. The lowest BCUT2D eigenvalue weighted by atomic mass is 10.1. The van der Waals surface area contributed by atoms with Gasteiger partial charge in [-0.2, -0.15) is 0 Å². The molecule has 0 amide bonds. The first-order valence-corrected chi connectivity index (χ1v) is 5.26. The molecule has 0 spiro atoms. The number of pyridine rings is 1. The van der Waals surface area contributed by atoms with Crippen LogP contribution in [0.3, 0.4) is 0 Å². The molecule has 1 aromatic rings. The Morgan fingerprint density at radius 1 is 1.47 bits per heavy atom. The van der Waals surface area contributed by atoms with E-state index in [-0.39, 0.29) is 15.9 Å². The summed E-state index contributed by atoms with van der Waals surface area (Å²) in [4.78, 5) is 3.69. The third-order valence-electron chi connectivity index (χ3n) is 1.88. The zero-order valence-electron chi connectivity index (χ0n) is 8.75. The SMILES string of the molecule is C=C(Cl)/C=C(\C(Cl)=C/N)c1cc(F)cnc1N. The van der Waals surface area contributed by atoms with Gasteiger partial charge in [0.05, 0.1) is 11.2 Å². The molecule has 0 aliphatic heterocycles. The molecule has 1 rings (SSSR count). The average molecular weight is 274 g/mol.